The van der Waals surface area contributed by atoms with Crippen LogP contribution in [0.1, 0.15) is 52.0 Å². The van der Waals surface area contributed by atoms with Crippen molar-refractivity contribution in [2.45, 2.75) is 38.5 Å². The van der Waals surface area contributed by atoms with Crippen LogP contribution in [-0.4, -0.2) is 100 Å². The number of amides is 3. The molecule has 48 heavy (non-hydrogen) atoms. The Morgan fingerprint density at radius 3 is 2.56 bits per heavy atom. The van der Waals surface area contributed by atoms with Gasteiger partial charge in [-0.25, -0.2) is 9.31 Å². The van der Waals surface area contributed by atoms with E-state index in [9.17, 15) is 22.8 Å². The van der Waals surface area contributed by atoms with Crippen LogP contribution in [0, 0.1) is 0 Å². The molecule has 0 radical (unpaired) electrons. The van der Waals surface area contributed by atoms with Crippen molar-refractivity contribution in [3.05, 3.63) is 82.9 Å². The van der Waals surface area contributed by atoms with Crippen LogP contribution in [0.5, 0.6) is 11.5 Å². The molecule has 0 saturated carbocycles. The molecule has 2 aliphatic heterocycles. The van der Waals surface area contributed by atoms with Gasteiger partial charge in [0.2, 0.25) is 0 Å². The minimum absolute atomic E-state index is 0.0666. The van der Waals surface area contributed by atoms with Crippen molar-refractivity contribution < 1.29 is 27.5 Å². The highest BCUT2D eigenvalue weighted by atomic mass is 19.4. The number of benzene rings is 1. The molecule has 1 saturated heterocycles. The maximum absolute atomic E-state index is 14.2. The van der Waals surface area contributed by atoms with Crippen molar-refractivity contribution in [3.63, 3.8) is 0 Å². The number of pyridine rings is 1. The lowest BCUT2D eigenvalue weighted by atomic mass is 9.92. The van der Waals surface area contributed by atoms with Crippen molar-refractivity contribution in [2.24, 2.45) is 0 Å². The summed E-state index contributed by atoms with van der Waals surface area (Å²) in [5, 5.41) is 6.99. The Labute approximate surface area is 276 Å². The number of anilines is 1. The van der Waals surface area contributed by atoms with E-state index in [0.717, 1.165) is 30.4 Å². The van der Waals surface area contributed by atoms with E-state index in [4.69, 9.17) is 4.74 Å². The van der Waals surface area contributed by atoms with Gasteiger partial charge in [0.25, 0.3) is 5.91 Å². The van der Waals surface area contributed by atoms with Crippen LogP contribution in [0.3, 0.4) is 0 Å². The largest absolute Gasteiger partial charge is 0.453 e. The van der Waals surface area contributed by atoms with Crippen molar-refractivity contribution in [1.82, 2.24) is 34.2 Å². The number of urea groups is 1. The highest BCUT2D eigenvalue weighted by molar-refractivity contribution is 5.95. The highest BCUT2D eigenvalue weighted by Crippen LogP contribution is 2.36. The van der Waals surface area contributed by atoms with Crippen molar-refractivity contribution in [2.75, 3.05) is 59.2 Å². The number of aromatic nitrogens is 3. The minimum Gasteiger partial charge on any atom is -0.453 e. The molecule has 11 nitrogen and oxygen atoms in total. The fourth-order valence-corrected chi connectivity index (χ4v) is 6.23. The van der Waals surface area contributed by atoms with E-state index < -0.39 is 17.8 Å². The molecule has 0 spiro atoms. The van der Waals surface area contributed by atoms with Gasteiger partial charge in [-0.15, -0.1) is 0 Å². The van der Waals surface area contributed by atoms with Gasteiger partial charge in [0.05, 0.1) is 29.2 Å². The molecule has 3 aromatic heterocycles. The first-order valence-corrected chi connectivity index (χ1v) is 15.9. The number of alkyl halides is 3. The number of nitrogens with zero attached hydrogens (tertiary/aromatic N) is 7. The molecule has 254 valence electrons. The highest BCUT2D eigenvalue weighted by Gasteiger charge is 2.35. The molecular formula is C34H39F3N8O3. The van der Waals surface area contributed by atoms with Gasteiger partial charge in [-0.2, -0.15) is 18.3 Å². The van der Waals surface area contributed by atoms with Crippen LogP contribution < -0.4 is 10.1 Å². The van der Waals surface area contributed by atoms with Crippen LogP contribution in [0.4, 0.5) is 23.7 Å². The van der Waals surface area contributed by atoms with Gasteiger partial charge >= 0.3 is 12.2 Å². The second-order valence-corrected chi connectivity index (χ2v) is 12.6. The van der Waals surface area contributed by atoms with E-state index in [1.807, 2.05) is 24.9 Å². The van der Waals surface area contributed by atoms with E-state index in [0.29, 0.717) is 48.6 Å². The van der Waals surface area contributed by atoms with Crippen LogP contribution >= 0.6 is 0 Å². The number of ether oxygens (including phenoxy) is 1. The monoisotopic (exact) mass is 664 g/mol. The topological polar surface area (TPSA) is 98.6 Å². The van der Waals surface area contributed by atoms with Gasteiger partial charge in [-0.3, -0.25) is 14.7 Å². The normalized spacial score (nSPS) is 17.3. The Morgan fingerprint density at radius 2 is 1.85 bits per heavy atom. The standard InChI is InChI=1S/C34H39F3N8O3/c1-5-22-19-44(33(47)40-26-7-6-23(28(16-26)34(35,36)37)18-43-12-10-42(4)11-13-43)20-24-14-27(17-38-31(22)24)48-30-8-9-39-45-21-25(15-29(30)45)32(46)41(2)3/h6-9,14-17,21-22H,5,10-13,18-20H2,1-4H3,(H,40,47)/t22-/m0/s1. The fourth-order valence-electron chi connectivity index (χ4n) is 6.23. The number of nitrogens with one attached hydrogen (secondary N) is 1. The lowest BCUT2D eigenvalue weighted by molar-refractivity contribution is -0.138. The summed E-state index contributed by atoms with van der Waals surface area (Å²) < 4.78 is 50.3. The number of hydrogen-bond acceptors (Lipinski definition) is 7. The van der Waals surface area contributed by atoms with Crippen molar-refractivity contribution >= 4 is 23.1 Å². The summed E-state index contributed by atoms with van der Waals surface area (Å²) >= 11 is 0. The number of piperazine rings is 1. The fraction of sp³-hybridized carbons (Fsp3) is 0.412. The SMILES string of the molecule is CC[C@H]1CN(C(=O)Nc2ccc(CN3CCN(C)CC3)c(C(F)(F)F)c2)Cc2cc(Oc3ccnn4cc(C(=O)N(C)C)cc34)cnc21. The number of rotatable bonds is 7. The van der Waals surface area contributed by atoms with E-state index in [-0.39, 0.29) is 36.2 Å². The summed E-state index contributed by atoms with van der Waals surface area (Å²) in [7, 11) is 5.35. The zero-order chi connectivity index (χ0) is 34.2. The van der Waals surface area contributed by atoms with E-state index in [1.54, 1.807) is 54.2 Å². The molecule has 2 aliphatic rings. The van der Waals surface area contributed by atoms with Crippen molar-refractivity contribution in [3.8, 4) is 11.5 Å². The third-order valence-corrected chi connectivity index (χ3v) is 8.95. The van der Waals surface area contributed by atoms with Crippen molar-refractivity contribution in [1.29, 1.82) is 0 Å². The average Bonchev–Trinajstić information content (AvgIpc) is 3.50. The Kier molecular flexibility index (Phi) is 9.30. The molecule has 6 rings (SSSR count). The molecular weight excluding hydrogens is 625 g/mol. The number of halogens is 3. The summed E-state index contributed by atoms with van der Waals surface area (Å²) in [6, 6.07) is 8.76. The molecule has 4 aromatic rings. The number of carbonyl (C=O) groups is 2. The predicted octanol–water partition coefficient (Wildman–Crippen LogP) is 5.53. The average molecular weight is 665 g/mol. The van der Waals surface area contributed by atoms with Gasteiger partial charge in [0, 0.05) is 83.8 Å². The number of carbonyl (C=O) groups excluding carboxylic acids is 2. The number of likely N-dealkylation sites (N-methyl/N-ethyl adjacent to an activating group) is 1. The van der Waals surface area contributed by atoms with Crippen LogP contribution in [0.15, 0.2) is 55.0 Å². The maximum Gasteiger partial charge on any atom is 0.416 e. The number of fused-ring (bicyclic) bond motifs is 2. The Morgan fingerprint density at radius 1 is 1.08 bits per heavy atom. The van der Waals surface area contributed by atoms with E-state index in [2.05, 4.69) is 20.3 Å². The molecule has 3 amide bonds. The third-order valence-electron chi connectivity index (χ3n) is 8.95. The molecule has 0 unspecified atom stereocenters. The molecule has 5 heterocycles. The molecule has 1 aromatic carbocycles. The smallest absolute Gasteiger partial charge is 0.416 e. The maximum atomic E-state index is 14.2. The molecule has 0 aliphatic carbocycles. The second kappa shape index (κ2) is 13.4. The first kappa shape index (κ1) is 33.2. The zero-order valence-electron chi connectivity index (χ0n) is 27.4. The Balaban J connectivity index is 1.19. The Hall–Kier alpha value is -4.69. The molecule has 0 bridgehead atoms. The minimum atomic E-state index is -4.56. The summed E-state index contributed by atoms with van der Waals surface area (Å²) in [5.41, 5.74) is 2.23. The quantitative estimate of drug-likeness (QED) is 0.278. The first-order chi connectivity index (χ1) is 22.9. The lowest BCUT2D eigenvalue weighted by Crippen LogP contribution is -2.44. The summed E-state index contributed by atoms with van der Waals surface area (Å²) in [5.74, 6) is 0.676. The summed E-state index contributed by atoms with van der Waals surface area (Å²) in [6.45, 7) is 5.77. The summed E-state index contributed by atoms with van der Waals surface area (Å²) in [6.07, 6.45) is 0.982. The van der Waals surface area contributed by atoms with Gasteiger partial charge in [-0.05, 0) is 48.9 Å². The zero-order valence-corrected chi connectivity index (χ0v) is 27.4. The second-order valence-electron chi connectivity index (χ2n) is 12.6. The van der Waals surface area contributed by atoms with Gasteiger partial charge in [-0.1, -0.05) is 13.0 Å². The van der Waals surface area contributed by atoms with Gasteiger partial charge < -0.3 is 24.8 Å². The van der Waals surface area contributed by atoms with Crippen LogP contribution in [-0.2, 0) is 19.3 Å². The van der Waals surface area contributed by atoms with Gasteiger partial charge in [0.1, 0.15) is 11.3 Å². The molecule has 1 atom stereocenters. The van der Waals surface area contributed by atoms with Crippen LogP contribution in [0.2, 0.25) is 0 Å². The first-order valence-electron chi connectivity index (χ1n) is 15.9. The van der Waals surface area contributed by atoms with Gasteiger partial charge in [0.15, 0.2) is 5.75 Å². The summed E-state index contributed by atoms with van der Waals surface area (Å²) in [4.78, 5) is 37.9. The lowest BCUT2D eigenvalue weighted by Gasteiger charge is -2.34. The van der Waals surface area contributed by atoms with Crippen LogP contribution in [0.25, 0.3) is 5.52 Å². The molecule has 1 N–H and O–H groups in total. The Bertz CT molecular complexity index is 1820. The molecule has 14 heteroatoms. The van der Waals surface area contributed by atoms with E-state index in [1.165, 1.54) is 17.0 Å². The third kappa shape index (κ3) is 7.09. The number of hydrogen-bond donors (Lipinski definition) is 1. The molecule has 1 fully saturated rings. The van der Waals surface area contributed by atoms with E-state index >= 15 is 0 Å². The predicted molar refractivity (Wildman–Crippen MR) is 174 cm³/mol.